The highest BCUT2D eigenvalue weighted by Gasteiger charge is 2.34. The van der Waals surface area contributed by atoms with E-state index in [4.69, 9.17) is 10.7 Å². The summed E-state index contributed by atoms with van der Waals surface area (Å²) in [5.41, 5.74) is -0.182. The fourth-order valence-corrected chi connectivity index (χ4v) is 2.36. The van der Waals surface area contributed by atoms with Gasteiger partial charge in [-0.05, 0) is 30.5 Å². The van der Waals surface area contributed by atoms with E-state index in [9.17, 15) is 17.6 Å². The Bertz CT molecular complexity index is 602. The molecule has 1 amide bonds. The van der Waals surface area contributed by atoms with Crippen molar-refractivity contribution < 1.29 is 17.6 Å². The minimum absolute atomic E-state index is 0.0772. The van der Waals surface area contributed by atoms with Crippen molar-refractivity contribution >= 4 is 25.6 Å². The Kier molecular flexibility index (Phi) is 3.33. The molecule has 4 nitrogen and oxygen atoms in total. The van der Waals surface area contributed by atoms with Gasteiger partial charge in [0.05, 0.1) is 10.5 Å². The molecule has 1 N–H and O–H groups in total. The van der Waals surface area contributed by atoms with Crippen LogP contribution in [0.4, 0.5) is 4.39 Å². The summed E-state index contributed by atoms with van der Waals surface area (Å²) in [6.07, 6.45) is 0.876. The Morgan fingerprint density at radius 3 is 2.56 bits per heavy atom. The van der Waals surface area contributed by atoms with Gasteiger partial charge in [-0.1, -0.05) is 6.92 Å². The van der Waals surface area contributed by atoms with Crippen molar-refractivity contribution in [3.8, 4) is 0 Å². The number of nitrogens with one attached hydrogen (secondary N) is 1. The molecule has 2 rings (SSSR count). The molecule has 1 aromatic rings. The van der Waals surface area contributed by atoms with Crippen LogP contribution < -0.4 is 5.32 Å². The molecular weight excluding hydrogens is 281 g/mol. The van der Waals surface area contributed by atoms with Crippen molar-refractivity contribution in [3.05, 3.63) is 29.6 Å². The van der Waals surface area contributed by atoms with E-state index in [0.717, 1.165) is 24.6 Å². The minimum atomic E-state index is -3.99. The molecule has 0 radical (unpaired) electrons. The lowest BCUT2D eigenvalue weighted by atomic mass is 10.2. The van der Waals surface area contributed by atoms with Crippen molar-refractivity contribution in [2.24, 2.45) is 5.92 Å². The topological polar surface area (TPSA) is 63.2 Å². The Hall–Kier alpha value is -1.14. The maximum absolute atomic E-state index is 13.6. The van der Waals surface area contributed by atoms with Crippen LogP contribution in [0.15, 0.2) is 23.1 Å². The fraction of sp³-hybridized carbons (Fsp3) is 0.364. The van der Waals surface area contributed by atoms with Crippen LogP contribution >= 0.6 is 10.7 Å². The van der Waals surface area contributed by atoms with Crippen molar-refractivity contribution in [3.63, 3.8) is 0 Å². The predicted octanol–water partition coefficient (Wildman–Crippen LogP) is 1.89. The predicted molar refractivity (Wildman–Crippen MR) is 64.5 cm³/mol. The lowest BCUT2D eigenvalue weighted by Crippen LogP contribution is -2.27. The normalized spacial score (nSPS) is 22.6. The van der Waals surface area contributed by atoms with Crippen molar-refractivity contribution in [1.29, 1.82) is 0 Å². The maximum atomic E-state index is 13.6. The van der Waals surface area contributed by atoms with E-state index in [0.29, 0.717) is 5.92 Å². The van der Waals surface area contributed by atoms with Gasteiger partial charge in [-0.3, -0.25) is 4.79 Å². The second-order valence-electron chi connectivity index (χ2n) is 4.37. The summed E-state index contributed by atoms with van der Waals surface area (Å²) < 4.78 is 35.6. The zero-order valence-corrected chi connectivity index (χ0v) is 11.1. The Balaban J connectivity index is 2.22. The third-order valence-corrected chi connectivity index (χ3v) is 4.24. The van der Waals surface area contributed by atoms with Gasteiger partial charge in [-0.15, -0.1) is 0 Å². The number of hydrogen-bond donors (Lipinski definition) is 1. The van der Waals surface area contributed by atoms with Crippen LogP contribution in [0.5, 0.6) is 0 Å². The lowest BCUT2D eigenvalue weighted by Gasteiger charge is -2.06. The lowest BCUT2D eigenvalue weighted by molar-refractivity contribution is 0.0945. The molecular formula is C11H11ClFNO3S. The number of carbonyl (C=O) groups excluding carboxylic acids is 1. The van der Waals surface area contributed by atoms with Gasteiger partial charge in [0.1, 0.15) is 5.82 Å². The van der Waals surface area contributed by atoms with Crippen LogP contribution in [0.3, 0.4) is 0 Å². The van der Waals surface area contributed by atoms with Gasteiger partial charge in [0.2, 0.25) is 0 Å². The van der Waals surface area contributed by atoms with Gasteiger partial charge < -0.3 is 5.32 Å². The highest BCUT2D eigenvalue weighted by Crippen LogP contribution is 2.29. The molecule has 18 heavy (non-hydrogen) atoms. The average Bonchev–Trinajstić information content (AvgIpc) is 2.92. The van der Waals surface area contributed by atoms with E-state index >= 15 is 0 Å². The number of carbonyl (C=O) groups is 1. The zero-order chi connectivity index (χ0) is 13.5. The summed E-state index contributed by atoms with van der Waals surface area (Å²) in [5, 5.41) is 2.66. The molecule has 1 aromatic carbocycles. The largest absolute Gasteiger partial charge is 0.349 e. The first kappa shape index (κ1) is 13.3. The summed E-state index contributed by atoms with van der Waals surface area (Å²) >= 11 is 0. The van der Waals surface area contributed by atoms with E-state index in [1.807, 2.05) is 6.92 Å². The molecule has 1 aliphatic carbocycles. The van der Waals surface area contributed by atoms with Crippen LogP contribution in [0.2, 0.25) is 0 Å². The summed E-state index contributed by atoms with van der Waals surface area (Å²) in [6.45, 7) is 1.98. The fourth-order valence-electron chi connectivity index (χ4n) is 1.60. The van der Waals surface area contributed by atoms with Crippen LogP contribution in [0.1, 0.15) is 23.7 Å². The second-order valence-corrected chi connectivity index (χ2v) is 6.94. The number of amides is 1. The van der Waals surface area contributed by atoms with E-state index < -0.39 is 20.8 Å². The van der Waals surface area contributed by atoms with Gasteiger partial charge >= 0.3 is 0 Å². The standard InChI is InChI=1S/C11H11ClFNO3S/c1-6-4-10(6)14-11(15)8-3-2-7(5-9(8)13)18(12,16)17/h2-3,5-6,10H,4H2,1H3,(H,14,15). The van der Waals surface area contributed by atoms with Crippen LogP contribution in [-0.2, 0) is 9.05 Å². The molecule has 7 heteroatoms. The minimum Gasteiger partial charge on any atom is -0.349 e. The Morgan fingerprint density at radius 1 is 1.50 bits per heavy atom. The Morgan fingerprint density at radius 2 is 2.11 bits per heavy atom. The molecule has 0 bridgehead atoms. The van der Waals surface area contributed by atoms with Gasteiger partial charge in [-0.25, -0.2) is 12.8 Å². The van der Waals surface area contributed by atoms with Gasteiger partial charge in [0, 0.05) is 16.7 Å². The maximum Gasteiger partial charge on any atom is 0.261 e. The average molecular weight is 292 g/mol. The quantitative estimate of drug-likeness (QED) is 0.865. The molecule has 0 heterocycles. The number of hydrogen-bond acceptors (Lipinski definition) is 3. The monoisotopic (exact) mass is 291 g/mol. The molecule has 1 aliphatic rings. The summed E-state index contributed by atoms with van der Waals surface area (Å²) in [6, 6.07) is 3.05. The highest BCUT2D eigenvalue weighted by molar-refractivity contribution is 8.13. The van der Waals surface area contributed by atoms with Crippen LogP contribution in [-0.4, -0.2) is 20.4 Å². The van der Waals surface area contributed by atoms with E-state index in [2.05, 4.69) is 5.32 Å². The number of halogens is 2. The SMILES string of the molecule is CC1CC1NC(=O)c1ccc(S(=O)(=O)Cl)cc1F. The van der Waals surface area contributed by atoms with E-state index in [1.165, 1.54) is 0 Å². The summed E-state index contributed by atoms with van der Waals surface area (Å²) in [7, 11) is 1.09. The number of rotatable bonds is 3. The first-order valence-electron chi connectivity index (χ1n) is 5.34. The van der Waals surface area contributed by atoms with Crippen molar-refractivity contribution in [2.45, 2.75) is 24.3 Å². The third kappa shape index (κ3) is 2.81. The van der Waals surface area contributed by atoms with Crippen molar-refractivity contribution in [2.75, 3.05) is 0 Å². The second kappa shape index (κ2) is 4.51. The van der Waals surface area contributed by atoms with Crippen LogP contribution in [0.25, 0.3) is 0 Å². The molecule has 1 fully saturated rings. The molecule has 0 aliphatic heterocycles. The third-order valence-electron chi connectivity index (χ3n) is 2.89. The molecule has 2 unspecified atom stereocenters. The Labute approximate surface area is 109 Å². The molecule has 98 valence electrons. The van der Waals surface area contributed by atoms with Gasteiger partial charge in [0.25, 0.3) is 15.0 Å². The summed E-state index contributed by atoms with van der Waals surface area (Å²) in [5.74, 6) is -1.04. The molecule has 0 aromatic heterocycles. The number of benzene rings is 1. The smallest absolute Gasteiger partial charge is 0.261 e. The van der Waals surface area contributed by atoms with Gasteiger partial charge in [0.15, 0.2) is 0 Å². The van der Waals surface area contributed by atoms with Crippen molar-refractivity contribution in [1.82, 2.24) is 5.32 Å². The first-order valence-corrected chi connectivity index (χ1v) is 7.65. The molecule has 0 saturated heterocycles. The molecule has 0 spiro atoms. The molecule has 2 atom stereocenters. The van der Waals surface area contributed by atoms with E-state index in [-0.39, 0.29) is 16.5 Å². The first-order chi connectivity index (χ1) is 8.29. The highest BCUT2D eigenvalue weighted by atomic mass is 35.7. The zero-order valence-electron chi connectivity index (χ0n) is 9.48. The van der Waals surface area contributed by atoms with Crippen LogP contribution in [0, 0.1) is 11.7 Å². The molecule has 1 saturated carbocycles. The summed E-state index contributed by atoms with van der Waals surface area (Å²) in [4.78, 5) is 11.3. The van der Waals surface area contributed by atoms with E-state index in [1.54, 1.807) is 0 Å². The van der Waals surface area contributed by atoms with Gasteiger partial charge in [-0.2, -0.15) is 0 Å².